The van der Waals surface area contributed by atoms with Crippen LogP contribution in [0.2, 0.25) is 0 Å². The van der Waals surface area contributed by atoms with E-state index in [4.69, 9.17) is 4.74 Å². The number of fused-ring (bicyclic) bond motifs is 2. The lowest BCUT2D eigenvalue weighted by atomic mass is 9.96. The molecule has 6 heteroatoms. The molecule has 0 saturated carbocycles. The van der Waals surface area contributed by atoms with E-state index < -0.39 is 0 Å². The minimum Gasteiger partial charge on any atom is -0.373 e. The summed E-state index contributed by atoms with van der Waals surface area (Å²) in [7, 11) is 1.80. The predicted octanol–water partition coefficient (Wildman–Crippen LogP) is 1.99. The van der Waals surface area contributed by atoms with Crippen molar-refractivity contribution < 1.29 is 4.74 Å². The van der Waals surface area contributed by atoms with Crippen molar-refractivity contribution in [3.05, 3.63) is 29.6 Å². The highest BCUT2D eigenvalue weighted by molar-refractivity contribution is 14.0. The van der Waals surface area contributed by atoms with Crippen molar-refractivity contribution in [2.75, 3.05) is 7.05 Å². The van der Waals surface area contributed by atoms with Crippen molar-refractivity contribution in [2.24, 2.45) is 4.99 Å². The zero-order chi connectivity index (χ0) is 13.9. The van der Waals surface area contributed by atoms with Gasteiger partial charge >= 0.3 is 0 Å². The number of rotatable bonds is 3. The fourth-order valence-electron chi connectivity index (χ4n) is 3.03. The molecule has 2 aliphatic heterocycles. The van der Waals surface area contributed by atoms with Crippen LogP contribution in [0.1, 0.15) is 30.7 Å². The highest BCUT2D eigenvalue weighted by Gasteiger charge is 2.41. The van der Waals surface area contributed by atoms with Gasteiger partial charge in [0.2, 0.25) is 0 Å². The van der Waals surface area contributed by atoms with E-state index in [1.807, 2.05) is 25.1 Å². The zero-order valence-electron chi connectivity index (χ0n) is 12.5. The molecule has 2 saturated heterocycles. The molecule has 1 aromatic rings. The van der Waals surface area contributed by atoms with Crippen LogP contribution in [0.25, 0.3) is 0 Å². The summed E-state index contributed by atoms with van der Waals surface area (Å²) in [5.41, 5.74) is 2.06. The Labute approximate surface area is 143 Å². The Morgan fingerprint density at radius 3 is 2.90 bits per heavy atom. The molecular formula is C15H23IN4O. The van der Waals surface area contributed by atoms with E-state index in [1.165, 1.54) is 12.8 Å². The van der Waals surface area contributed by atoms with Crippen molar-refractivity contribution in [2.45, 2.75) is 51.0 Å². The van der Waals surface area contributed by atoms with Crippen molar-refractivity contribution in [3.8, 4) is 0 Å². The summed E-state index contributed by atoms with van der Waals surface area (Å²) in [5, 5.41) is 6.79. The first kappa shape index (κ1) is 16.5. The quantitative estimate of drug-likeness (QED) is 0.461. The fraction of sp³-hybridized carbons (Fsp3) is 0.600. The van der Waals surface area contributed by atoms with Crippen LogP contribution in [0, 0.1) is 6.92 Å². The summed E-state index contributed by atoms with van der Waals surface area (Å²) >= 11 is 0. The Kier molecular flexibility index (Phi) is 5.80. The number of guanidine groups is 1. The Morgan fingerprint density at radius 2 is 2.29 bits per heavy atom. The van der Waals surface area contributed by atoms with Gasteiger partial charge < -0.3 is 15.4 Å². The molecule has 21 heavy (non-hydrogen) atoms. The van der Waals surface area contributed by atoms with Gasteiger partial charge in [-0.15, -0.1) is 24.0 Å². The maximum atomic E-state index is 5.85. The molecular weight excluding hydrogens is 379 g/mol. The number of hydrogen-bond acceptors (Lipinski definition) is 3. The molecule has 0 aliphatic carbocycles. The molecule has 5 nitrogen and oxygen atoms in total. The van der Waals surface area contributed by atoms with E-state index in [0.717, 1.165) is 23.8 Å². The van der Waals surface area contributed by atoms with Crippen LogP contribution < -0.4 is 10.6 Å². The summed E-state index contributed by atoms with van der Waals surface area (Å²) in [6.45, 7) is 2.69. The standard InChI is InChI=1S/C15H22N4O.HI/c1-10-4-3-5-11(18-10)9-17-15(16-2)19-13-8-12-6-7-14(13)20-12;/h3-5,12-14H,6-9H2,1-2H3,(H2,16,17,19);1H. The number of nitrogens with one attached hydrogen (secondary N) is 2. The number of nitrogens with zero attached hydrogens (tertiary/aromatic N) is 2. The molecule has 0 amide bonds. The largest absolute Gasteiger partial charge is 0.373 e. The number of halogens is 1. The average Bonchev–Trinajstić information content (AvgIpc) is 3.06. The van der Waals surface area contributed by atoms with Crippen molar-refractivity contribution in [1.29, 1.82) is 0 Å². The van der Waals surface area contributed by atoms with Crippen LogP contribution >= 0.6 is 24.0 Å². The second-order valence-electron chi connectivity index (χ2n) is 5.56. The van der Waals surface area contributed by atoms with Gasteiger partial charge in [-0.1, -0.05) is 6.07 Å². The molecule has 0 aromatic carbocycles. The van der Waals surface area contributed by atoms with Crippen molar-refractivity contribution >= 4 is 29.9 Å². The second kappa shape index (κ2) is 7.40. The third kappa shape index (κ3) is 4.06. The fourth-order valence-corrected chi connectivity index (χ4v) is 3.03. The first-order valence-corrected chi connectivity index (χ1v) is 7.30. The van der Waals surface area contributed by atoms with Gasteiger partial charge in [0.1, 0.15) is 0 Å². The first-order valence-electron chi connectivity index (χ1n) is 7.30. The van der Waals surface area contributed by atoms with Crippen LogP contribution in [0.3, 0.4) is 0 Å². The van der Waals surface area contributed by atoms with E-state index in [1.54, 1.807) is 7.05 Å². The van der Waals surface area contributed by atoms with E-state index in [-0.39, 0.29) is 24.0 Å². The molecule has 116 valence electrons. The van der Waals surface area contributed by atoms with Gasteiger partial charge in [-0.3, -0.25) is 9.98 Å². The van der Waals surface area contributed by atoms with E-state index in [2.05, 4.69) is 20.6 Å². The summed E-state index contributed by atoms with van der Waals surface area (Å²) in [4.78, 5) is 8.76. The van der Waals surface area contributed by atoms with Gasteiger partial charge in [0, 0.05) is 12.7 Å². The first-order chi connectivity index (χ1) is 9.74. The smallest absolute Gasteiger partial charge is 0.191 e. The number of pyridine rings is 1. The molecule has 0 spiro atoms. The summed E-state index contributed by atoms with van der Waals surface area (Å²) < 4.78 is 5.85. The van der Waals surface area contributed by atoms with Gasteiger partial charge in [-0.05, 0) is 38.3 Å². The van der Waals surface area contributed by atoms with Crippen LogP contribution in [-0.2, 0) is 11.3 Å². The van der Waals surface area contributed by atoms with Crippen LogP contribution in [-0.4, -0.2) is 36.2 Å². The number of aryl methyl sites for hydroxylation is 1. The number of ether oxygens (including phenoxy) is 1. The summed E-state index contributed by atoms with van der Waals surface area (Å²) in [5.74, 6) is 0.828. The van der Waals surface area contributed by atoms with Gasteiger partial charge in [0.25, 0.3) is 0 Å². The van der Waals surface area contributed by atoms with Crippen LogP contribution in [0.4, 0.5) is 0 Å². The molecule has 3 heterocycles. The molecule has 2 bridgehead atoms. The summed E-state index contributed by atoms with van der Waals surface area (Å²) in [6.07, 6.45) is 4.28. The number of aliphatic imine (C=N–C) groups is 1. The topological polar surface area (TPSA) is 58.5 Å². The number of aromatic nitrogens is 1. The van der Waals surface area contributed by atoms with Crippen molar-refractivity contribution in [1.82, 2.24) is 15.6 Å². The zero-order valence-corrected chi connectivity index (χ0v) is 14.8. The molecule has 0 radical (unpaired) electrons. The van der Waals surface area contributed by atoms with Gasteiger partial charge in [0.05, 0.1) is 30.5 Å². The lowest BCUT2D eigenvalue weighted by Crippen LogP contribution is -2.47. The second-order valence-corrected chi connectivity index (χ2v) is 5.56. The lowest BCUT2D eigenvalue weighted by Gasteiger charge is -2.22. The molecule has 3 unspecified atom stereocenters. The van der Waals surface area contributed by atoms with Crippen molar-refractivity contribution in [3.63, 3.8) is 0 Å². The maximum Gasteiger partial charge on any atom is 0.191 e. The van der Waals surface area contributed by atoms with Gasteiger partial charge in [-0.2, -0.15) is 0 Å². The molecule has 1 aromatic heterocycles. The normalized spacial score (nSPS) is 27.3. The molecule has 2 fully saturated rings. The monoisotopic (exact) mass is 402 g/mol. The lowest BCUT2D eigenvalue weighted by molar-refractivity contribution is 0.0992. The van der Waals surface area contributed by atoms with E-state index >= 15 is 0 Å². The Morgan fingerprint density at radius 1 is 1.43 bits per heavy atom. The SMILES string of the molecule is CN=C(NCc1cccc(C)n1)NC1CC2CCC1O2.I. The Bertz CT molecular complexity index is 508. The molecule has 3 atom stereocenters. The predicted molar refractivity (Wildman–Crippen MR) is 94.0 cm³/mol. The van der Waals surface area contributed by atoms with E-state index in [9.17, 15) is 0 Å². The minimum atomic E-state index is 0. The maximum absolute atomic E-state index is 5.85. The molecule has 3 rings (SSSR count). The minimum absolute atomic E-state index is 0. The van der Waals surface area contributed by atoms with Crippen LogP contribution in [0.5, 0.6) is 0 Å². The average molecular weight is 402 g/mol. The molecule has 2 N–H and O–H groups in total. The Balaban J connectivity index is 0.00000161. The Hall–Kier alpha value is -0.890. The number of hydrogen-bond donors (Lipinski definition) is 2. The van der Waals surface area contributed by atoms with Gasteiger partial charge in [-0.25, -0.2) is 0 Å². The molecule has 2 aliphatic rings. The third-order valence-corrected chi connectivity index (χ3v) is 4.03. The highest BCUT2D eigenvalue weighted by Crippen LogP contribution is 2.34. The van der Waals surface area contributed by atoms with E-state index in [0.29, 0.717) is 24.8 Å². The summed E-state index contributed by atoms with van der Waals surface area (Å²) in [6, 6.07) is 6.45. The third-order valence-electron chi connectivity index (χ3n) is 4.03. The van der Waals surface area contributed by atoms with Gasteiger partial charge in [0.15, 0.2) is 5.96 Å². The highest BCUT2D eigenvalue weighted by atomic mass is 127. The van der Waals surface area contributed by atoms with Crippen LogP contribution in [0.15, 0.2) is 23.2 Å².